The third-order valence-corrected chi connectivity index (χ3v) is 4.99. The van der Waals surface area contributed by atoms with Gasteiger partial charge in [0.15, 0.2) is 5.76 Å². The van der Waals surface area contributed by atoms with Gasteiger partial charge >= 0.3 is 0 Å². The molecule has 4 heterocycles. The van der Waals surface area contributed by atoms with Crippen molar-refractivity contribution in [2.75, 3.05) is 31.2 Å². The lowest BCUT2D eigenvalue weighted by molar-refractivity contribution is 0.122. The van der Waals surface area contributed by atoms with Crippen molar-refractivity contribution in [3.8, 4) is 17.4 Å². The monoisotopic (exact) mass is 391 g/mol. The van der Waals surface area contributed by atoms with E-state index in [1.54, 1.807) is 12.3 Å². The van der Waals surface area contributed by atoms with Gasteiger partial charge < -0.3 is 23.2 Å². The van der Waals surface area contributed by atoms with Crippen molar-refractivity contribution in [2.45, 2.75) is 13.5 Å². The van der Waals surface area contributed by atoms with E-state index in [0.717, 1.165) is 54.5 Å². The highest BCUT2D eigenvalue weighted by molar-refractivity contribution is 5.86. The van der Waals surface area contributed by atoms with Gasteiger partial charge in [-0.15, -0.1) is 0 Å². The first kappa shape index (κ1) is 17.8. The molecule has 1 aliphatic heterocycles. The number of pyridine rings is 1. The molecule has 0 atom stereocenters. The fraction of sp³-hybridized carbons (Fsp3) is 0.273. The SMILES string of the molecule is Cc1oc(-c2ccco2)nc1COc1cccc2ccc(N3CCOCC3)nc12. The van der Waals surface area contributed by atoms with Gasteiger partial charge in [0, 0.05) is 18.5 Å². The normalized spacial score (nSPS) is 14.4. The highest BCUT2D eigenvalue weighted by Gasteiger charge is 2.16. The Labute approximate surface area is 167 Å². The first-order chi connectivity index (χ1) is 14.3. The van der Waals surface area contributed by atoms with Crippen molar-refractivity contribution in [1.29, 1.82) is 0 Å². The summed E-state index contributed by atoms with van der Waals surface area (Å²) in [5, 5.41) is 1.03. The molecule has 0 unspecified atom stereocenters. The Hall–Kier alpha value is -3.32. The van der Waals surface area contributed by atoms with E-state index in [1.807, 2.05) is 31.2 Å². The second kappa shape index (κ2) is 7.60. The molecule has 0 radical (unpaired) electrons. The molecule has 0 bridgehead atoms. The smallest absolute Gasteiger partial charge is 0.263 e. The third-order valence-electron chi connectivity index (χ3n) is 4.99. The number of para-hydroxylation sites is 1. The van der Waals surface area contributed by atoms with E-state index in [2.05, 4.69) is 22.0 Å². The van der Waals surface area contributed by atoms with Crippen molar-refractivity contribution in [3.63, 3.8) is 0 Å². The zero-order valence-corrected chi connectivity index (χ0v) is 16.1. The van der Waals surface area contributed by atoms with E-state index in [0.29, 0.717) is 24.0 Å². The molecule has 3 aromatic heterocycles. The number of ether oxygens (including phenoxy) is 2. The maximum absolute atomic E-state index is 6.10. The minimum absolute atomic E-state index is 0.290. The Morgan fingerprint density at radius 1 is 1.03 bits per heavy atom. The predicted octanol–water partition coefficient (Wildman–Crippen LogP) is 4.21. The number of nitrogens with zero attached hydrogens (tertiary/aromatic N) is 3. The van der Waals surface area contributed by atoms with Crippen molar-refractivity contribution in [1.82, 2.24) is 9.97 Å². The molecule has 1 aliphatic rings. The molecular formula is C22H21N3O4. The molecular weight excluding hydrogens is 370 g/mol. The van der Waals surface area contributed by atoms with E-state index in [-0.39, 0.29) is 0 Å². The summed E-state index contributed by atoms with van der Waals surface area (Å²) in [6.07, 6.45) is 1.60. The fourth-order valence-corrected chi connectivity index (χ4v) is 3.41. The van der Waals surface area contributed by atoms with Crippen LogP contribution in [0.3, 0.4) is 0 Å². The lowest BCUT2D eigenvalue weighted by Crippen LogP contribution is -2.36. The molecule has 1 aromatic carbocycles. The standard InChI is InChI=1S/C22H21N3O4/c1-15-17(23-22(29-15)19-6-3-11-27-19)14-28-18-5-2-4-16-7-8-20(24-21(16)18)25-9-12-26-13-10-25/h2-8,11H,9-10,12-14H2,1H3. The van der Waals surface area contributed by atoms with E-state index >= 15 is 0 Å². The highest BCUT2D eigenvalue weighted by Crippen LogP contribution is 2.28. The van der Waals surface area contributed by atoms with Gasteiger partial charge in [0.2, 0.25) is 0 Å². The Kier molecular flexibility index (Phi) is 4.65. The van der Waals surface area contributed by atoms with Crippen LogP contribution in [0.1, 0.15) is 11.5 Å². The van der Waals surface area contributed by atoms with Crippen LogP contribution in [0.15, 0.2) is 57.6 Å². The van der Waals surface area contributed by atoms with Gasteiger partial charge in [-0.2, -0.15) is 0 Å². The van der Waals surface area contributed by atoms with Crippen LogP contribution in [0.2, 0.25) is 0 Å². The van der Waals surface area contributed by atoms with Crippen molar-refractivity contribution >= 4 is 16.7 Å². The van der Waals surface area contributed by atoms with Gasteiger partial charge in [-0.1, -0.05) is 12.1 Å². The molecule has 5 rings (SSSR count). The lowest BCUT2D eigenvalue weighted by Gasteiger charge is -2.28. The highest BCUT2D eigenvalue weighted by atomic mass is 16.5. The maximum atomic E-state index is 6.10. The molecule has 148 valence electrons. The molecule has 1 saturated heterocycles. The molecule has 29 heavy (non-hydrogen) atoms. The molecule has 4 aromatic rings. The second-order valence-corrected chi connectivity index (χ2v) is 6.88. The number of furan rings is 1. The summed E-state index contributed by atoms with van der Waals surface area (Å²) in [4.78, 5) is 11.6. The van der Waals surface area contributed by atoms with Crippen LogP contribution in [-0.2, 0) is 11.3 Å². The van der Waals surface area contributed by atoms with Crippen LogP contribution in [-0.4, -0.2) is 36.3 Å². The molecule has 0 amide bonds. The molecule has 0 aliphatic carbocycles. The number of oxazole rings is 1. The number of benzene rings is 1. The van der Waals surface area contributed by atoms with Crippen LogP contribution in [0, 0.1) is 6.92 Å². The molecule has 0 N–H and O–H groups in total. The summed E-state index contributed by atoms with van der Waals surface area (Å²) in [6.45, 7) is 5.29. The summed E-state index contributed by atoms with van der Waals surface area (Å²) >= 11 is 0. The number of morpholine rings is 1. The number of hydrogen-bond donors (Lipinski definition) is 0. The van der Waals surface area contributed by atoms with E-state index in [1.165, 1.54) is 0 Å². The minimum Gasteiger partial charge on any atom is -0.485 e. The Balaban J connectivity index is 1.40. The zero-order valence-electron chi connectivity index (χ0n) is 16.1. The van der Waals surface area contributed by atoms with Gasteiger partial charge in [-0.05, 0) is 37.3 Å². The summed E-state index contributed by atoms with van der Waals surface area (Å²) in [7, 11) is 0. The molecule has 0 spiro atoms. The lowest BCUT2D eigenvalue weighted by atomic mass is 10.2. The van der Waals surface area contributed by atoms with Crippen LogP contribution in [0.5, 0.6) is 5.75 Å². The number of fused-ring (bicyclic) bond motifs is 1. The zero-order chi connectivity index (χ0) is 19.6. The van der Waals surface area contributed by atoms with E-state index < -0.39 is 0 Å². The average Bonchev–Trinajstić information content (AvgIpc) is 3.42. The van der Waals surface area contributed by atoms with Crippen LogP contribution >= 0.6 is 0 Å². The molecule has 1 fully saturated rings. The topological polar surface area (TPSA) is 73.8 Å². The van der Waals surface area contributed by atoms with Gasteiger partial charge in [-0.25, -0.2) is 9.97 Å². The number of rotatable bonds is 5. The molecule has 0 saturated carbocycles. The first-order valence-corrected chi connectivity index (χ1v) is 9.63. The van der Waals surface area contributed by atoms with Crippen LogP contribution in [0.4, 0.5) is 5.82 Å². The third kappa shape index (κ3) is 3.56. The minimum atomic E-state index is 0.290. The van der Waals surface area contributed by atoms with Crippen molar-refractivity contribution in [3.05, 3.63) is 60.2 Å². The summed E-state index contributed by atoms with van der Waals surface area (Å²) < 4.78 is 22.6. The number of anilines is 1. The fourth-order valence-electron chi connectivity index (χ4n) is 3.41. The van der Waals surface area contributed by atoms with Gasteiger partial charge in [-0.3, -0.25) is 0 Å². The van der Waals surface area contributed by atoms with Crippen molar-refractivity contribution in [2.24, 2.45) is 0 Å². The Bertz CT molecular complexity index is 1110. The van der Waals surface area contributed by atoms with Crippen molar-refractivity contribution < 1.29 is 18.3 Å². The predicted molar refractivity (Wildman–Crippen MR) is 108 cm³/mol. The Morgan fingerprint density at radius 3 is 2.76 bits per heavy atom. The quantitative estimate of drug-likeness (QED) is 0.505. The number of hydrogen-bond acceptors (Lipinski definition) is 7. The summed E-state index contributed by atoms with van der Waals surface area (Å²) in [5.74, 6) is 3.42. The Morgan fingerprint density at radius 2 is 1.93 bits per heavy atom. The second-order valence-electron chi connectivity index (χ2n) is 6.88. The number of aromatic nitrogens is 2. The van der Waals surface area contributed by atoms with Gasteiger partial charge in [0.1, 0.15) is 35.1 Å². The summed E-state index contributed by atoms with van der Waals surface area (Å²) in [5.41, 5.74) is 1.57. The average molecular weight is 391 g/mol. The van der Waals surface area contributed by atoms with E-state index in [9.17, 15) is 0 Å². The molecule has 7 nitrogen and oxygen atoms in total. The summed E-state index contributed by atoms with van der Waals surface area (Å²) in [6, 6.07) is 13.7. The molecule has 7 heteroatoms. The van der Waals surface area contributed by atoms with Crippen LogP contribution < -0.4 is 9.64 Å². The van der Waals surface area contributed by atoms with E-state index in [4.69, 9.17) is 23.3 Å². The largest absolute Gasteiger partial charge is 0.485 e. The number of aryl methyl sites for hydroxylation is 1. The first-order valence-electron chi connectivity index (χ1n) is 9.63. The van der Waals surface area contributed by atoms with Gasteiger partial charge in [0.25, 0.3) is 5.89 Å². The van der Waals surface area contributed by atoms with Crippen LogP contribution in [0.25, 0.3) is 22.6 Å². The van der Waals surface area contributed by atoms with Gasteiger partial charge in [0.05, 0.1) is 19.5 Å². The maximum Gasteiger partial charge on any atom is 0.263 e.